The van der Waals surface area contributed by atoms with Gasteiger partial charge in [-0.2, -0.15) is 5.26 Å². The van der Waals surface area contributed by atoms with E-state index >= 15 is 0 Å². The third-order valence-electron chi connectivity index (χ3n) is 1.94. The predicted octanol–water partition coefficient (Wildman–Crippen LogP) is 1.07. The van der Waals surface area contributed by atoms with Crippen LogP contribution in [-0.2, 0) is 16.0 Å². The number of pyridine rings is 1. The molecule has 0 aliphatic heterocycles. The van der Waals surface area contributed by atoms with Crippen LogP contribution < -0.4 is 4.74 Å². The van der Waals surface area contributed by atoms with Crippen LogP contribution in [0.4, 0.5) is 0 Å². The van der Waals surface area contributed by atoms with Gasteiger partial charge in [-0.25, -0.2) is 0 Å². The van der Waals surface area contributed by atoms with Crippen molar-refractivity contribution < 1.29 is 14.3 Å². The Morgan fingerprint density at radius 2 is 2.38 bits per heavy atom. The zero-order valence-corrected chi connectivity index (χ0v) is 9.19. The van der Waals surface area contributed by atoms with Gasteiger partial charge in [0.1, 0.15) is 17.4 Å². The SMILES string of the molecule is CCOC(=O)Cc1nccc(OC)c1C#N. The number of nitrogens with zero attached hydrogens (tertiary/aromatic N) is 2. The van der Waals surface area contributed by atoms with Crippen molar-refractivity contribution in [1.82, 2.24) is 4.98 Å². The van der Waals surface area contributed by atoms with Gasteiger partial charge in [0, 0.05) is 6.20 Å². The van der Waals surface area contributed by atoms with E-state index in [2.05, 4.69) is 4.98 Å². The summed E-state index contributed by atoms with van der Waals surface area (Å²) in [5.41, 5.74) is 0.651. The minimum absolute atomic E-state index is 0.0199. The Bertz CT molecular complexity index is 424. The Morgan fingerprint density at radius 1 is 1.62 bits per heavy atom. The van der Waals surface area contributed by atoms with Gasteiger partial charge >= 0.3 is 5.97 Å². The Balaban J connectivity index is 2.96. The predicted molar refractivity (Wildman–Crippen MR) is 55.8 cm³/mol. The number of aromatic nitrogens is 1. The van der Waals surface area contributed by atoms with E-state index in [0.29, 0.717) is 18.1 Å². The topological polar surface area (TPSA) is 72.2 Å². The molecule has 0 saturated heterocycles. The first-order valence-electron chi connectivity index (χ1n) is 4.80. The Hall–Kier alpha value is -2.09. The highest BCUT2D eigenvalue weighted by Gasteiger charge is 2.13. The number of carbonyl (C=O) groups excluding carboxylic acids is 1. The van der Waals surface area contributed by atoms with Crippen molar-refractivity contribution in [3.63, 3.8) is 0 Å². The van der Waals surface area contributed by atoms with Crippen LogP contribution in [0.5, 0.6) is 5.75 Å². The summed E-state index contributed by atoms with van der Waals surface area (Å²) in [7, 11) is 1.46. The van der Waals surface area contributed by atoms with Gasteiger partial charge in [0.2, 0.25) is 0 Å². The molecule has 16 heavy (non-hydrogen) atoms. The molecular weight excluding hydrogens is 208 g/mol. The zero-order chi connectivity index (χ0) is 12.0. The lowest BCUT2D eigenvalue weighted by Crippen LogP contribution is -2.10. The quantitative estimate of drug-likeness (QED) is 0.709. The van der Waals surface area contributed by atoms with Gasteiger partial charge in [0.25, 0.3) is 0 Å². The summed E-state index contributed by atoms with van der Waals surface area (Å²) in [6.45, 7) is 2.03. The lowest BCUT2D eigenvalue weighted by molar-refractivity contribution is -0.142. The number of nitriles is 1. The molecule has 0 aliphatic rings. The Morgan fingerprint density at radius 3 is 2.94 bits per heavy atom. The molecule has 0 bridgehead atoms. The Kier molecular flexibility index (Phi) is 4.28. The molecule has 5 heteroatoms. The van der Waals surface area contributed by atoms with Crippen LogP contribution in [0.1, 0.15) is 18.2 Å². The number of carbonyl (C=O) groups is 1. The molecule has 1 aromatic heterocycles. The van der Waals surface area contributed by atoms with Crippen molar-refractivity contribution in [3.05, 3.63) is 23.5 Å². The van der Waals surface area contributed by atoms with E-state index in [4.69, 9.17) is 14.7 Å². The van der Waals surface area contributed by atoms with Gasteiger partial charge < -0.3 is 9.47 Å². The minimum atomic E-state index is -0.403. The van der Waals surface area contributed by atoms with Gasteiger partial charge in [-0.15, -0.1) is 0 Å². The Labute approximate surface area is 93.6 Å². The maximum atomic E-state index is 11.3. The molecule has 1 heterocycles. The first kappa shape index (κ1) is 12.0. The van der Waals surface area contributed by atoms with Gasteiger partial charge in [-0.05, 0) is 13.0 Å². The van der Waals surface area contributed by atoms with Crippen molar-refractivity contribution in [2.24, 2.45) is 0 Å². The minimum Gasteiger partial charge on any atom is -0.495 e. The first-order valence-corrected chi connectivity index (χ1v) is 4.80. The lowest BCUT2D eigenvalue weighted by atomic mass is 10.1. The molecule has 1 aromatic rings. The number of hydrogen-bond donors (Lipinski definition) is 0. The van der Waals surface area contributed by atoms with Crippen LogP contribution in [0.2, 0.25) is 0 Å². The fourth-order valence-corrected chi connectivity index (χ4v) is 1.26. The van der Waals surface area contributed by atoms with E-state index in [1.54, 1.807) is 13.0 Å². The van der Waals surface area contributed by atoms with Crippen LogP contribution >= 0.6 is 0 Å². The molecule has 5 nitrogen and oxygen atoms in total. The molecule has 0 spiro atoms. The molecule has 0 fully saturated rings. The van der Waals surface area contributed by atoms with Gasteiger partial charge in [0.15, 0.2) is 0 Å². The standard InChI is InChI=1S/C11H12N2O3/c1-3-16-11(14)6-9-8(7-12)10(15-2)4-5-13-9/h4-5H,3,6H2,1-2H3. The average molecular weight is 220 g/mol. The lowest BCUT2D eigenvalue weighted by Gasteiger charge is -2.06. The second-order valence-corrected chi connectivity index (χ2v) is 2.93. The number of hydrogen-bond acceptors (Lipinski definition) is 5. The maximum Gasteiger partial charge on any atom is 0.311 e. The highest BCUT2D eigenvalue weighted by atomic mass is 16.5. The molecule has 0 radical (unpaired) electrons. The summed E-state index contributed by atoms with van der Waals surface area (Å²) in [6, 6.07) is 3.54. The highest BCUT2D eigenvalue weighted by Crippen LogP contribution is 2.19. The maximum absolute atomic E-state index is 11.3. The van der Waals surface area contributed by atoms with Gasteiger partial charge in [0.05, 0.1) is 25.8 Å². The number of methoxy groups -OCH3 is 1. The monoisotopic (exact) mass is 220 g/mol. The van der Waals surface area contributed by atoms with Gasteiger partial charge in [-0.1, -0.05) is 0 Å². The summed E-state index contributed by atoms with van der Waals surface area (Å²) >= 11 is 0. The van der Waals surface area contributed by atoms with E-state index in [-0.39, 0.29) is 12.0 Å². The van der Waals surface area contributed by atoms with E-state index in [1.165, 1.54) is 13.3 Å². The molecule has 0 aromatic carbocycles. The summed E-state index contributed by atoms with van der Waals surface area (Å²) < 4.78 is 9.79. The normalized spacial score (nSPS) is 9.31. The third kappa shape index (κ3) is 2.70. The molecule has 0 amide bonds. The zero-order valence-electron chi connectivity index (χ0n) is 9.19. The smallest absolute Gasteiger partial charge is 0.311 e. The van der Waals surface area contributed by atoms with Crippen molar-refractivity contribution in [1.29, 1.82) is 5.26 Å². The van der Waals surface area contributed by atoms with E-state index in [1.807, 2.05) is 6.07 Å². The molecule has 0 saturated carbocycles. The summed E-state index contributed by atoms with van der Waals surface area (Å²) in [5.74, 6) is 0.0107. The number of rotatable bonds is 4. The molecule has 0 unspecified atom stereocenters. The summed E-state index contributed by atoms with van der Waals surface area (Å²) in [4.78, 5) is 15.2. The largest absolute Gasteiger partial charge is 0.495 e. The third-order valence-corrected chi connectivity index (χ3v) is 1.94. The second-order valence-electron chi connectivity index (χ2n) is 2.93. The van der Waals surface area contributed by atoms with Crippen LogP contribution in [0.3, 0.4) is 0 Å². The first-order chi connectivity index (χ1) is 7.72. The molecule has 0 N–H and O–H groups in total. The van der Waals surface area contributed by atoms with Crippen molar-refractivity contribution >= 4 is 5.97 Å². The summed E-state index contributed by atoms with van der Waals surface area (Å²) in [6.07, 6.45) is 1.47. The molecule has 1 rings (SSSR count). The number of ether oxygens (including phenoxy) is 2. The molecule has 0 atom stereocenters. The van der Waals surface area contributed by atoms with Crippen LogP contribution in [0, 0.1) is 11.3 Å². The van der Waals surface area contributed by atoms with E-state index < -0.39 is 5.97 Å². The fraction of sp³-hybridized carbons (Fsp3) is 0.364. The van der Waals surface area contributed by atoms with Gasteiger partial charge in [-0.3, -0.25) is 9.78 Å². The second kappa shape index (κ2) is 5.71. The van der Waals surface area contributed by atoms with Crippen molar-refractivity contribution in [2.75, 3.05) is 13.7 Å². The molecule has 84 valence electrons. The van der Waals surface area contributed by atoms with Crippen LogP contribution in [0.25, 0.3) is 0 Å². The van der Waals surface area contributed by atoms with Crippen LogP contribution in [-0.4, -0.2) is 24.7 Å². The molecular formula is C11H12N2O3. The van der Waals surface area contributed by atoms with Crippen molar-refractivity contribution in [3.8, 4) is 11.8 Å². The average Bonchev–Trinajstić information content (AvgIpc) is 2.29. The number of esters is 1. The van der Waals surface area contributed by atoms with E-state index in [0.717, 1.165) is 0 Å². The fourth-order valence-electron chi connectivity index (χ4n) is 1.26. The molecule has 0 aliphatic carbocycles. The van der Waals surface area contributed by atoms with E-state index in [9.17, 15) is 4.79 Å². The highest BCUT2D eigenvalue weighted by molar-refractivity contribution is 5.73. The summed E-state index contributed by atoms with van der Waals surface area (Å²) in [5, 5.41) is 8.95. The van der Waals surface area contributed by atoms with Crippen LogP contribution in [0.15, 0.2) is 12.3 Å². The van der Waals surface area contributed by atoms with Crippen molar-refractivity contribution in [2.45, 2.75) is 13.3 Å².